The van der Waals surface area contributed by atoms with E-state index in [0.29, 0.717) is 43.9 Å². The van der Waals surface area contributed by atoms with Crippen molar-refractivity contribution in [2.24, 2.45) is 0 Å². The molecule has 2 fully saturated rings. The van der Waals surface area contributed by atoms with Crippen molar-refractivity contribution in [1.82, 2.24) is 19.6 Å². The molecule has 0 spiro atoms. The summed E-state index contributed by atoms with van der Waals surface area (Å²) in [6.45, 7) is 14.1. The lowest BCUT2D eigenvalue weighted by Crippen LogP contribution is -2.51. The van der Waals surface area contributed by atoms with Crippen LogP contribution in [0.15, 0.2) is 103 Å². The van der Waals surface area contributed by atoms with Crippen LogP contribution < -0.4 is 0 Å². The van der Waals surface area contributed by atoms with Gasteiger partial charge in [0.2, 0.25) is 0 Å². The number of hydrogen-bond acceptors (Lipinski definition) is 7. The van der Waals surface area contributed by atoms with E-state index in [2.05, 4.69) is 67.2 Å². The summed E-state index contributed by atoms with van der Waals surface area (Å²) in [5, 5.41) is 17.7. The fraction of sp³-hybridized carbons (Fsp3) is 0.409. The molecular formula is C44H53N5O6Si. The molecule has 5 aromatic rings. The van der Waals surface area contributed by atoms with Crippen LogP contribution in [0.3, 0.4) is 0 Å². The number of benzene rings is 4. The summed E-state index contributed by atoms with van der Waals surface area (Å²) in [4.78, 5) is 31.0. The number of amides is 2. The first-order chi connectivity index (χ1) is 26.7. The monoisotopic (exact) mass is 775 g/mol. The Morgan fingerprint density at radius 1 is 0.804 bits per heavy atom. The van der Waals surface area contributed by atoms with Crippen molar-refractivity contribution >= 4 is 30.7 Å². The van der Waals surface area contributed by atoms with Gasteiger partial charge in [0.1, 0.15) is 18.9 Å². The van der Waals surface area contributed by atoms with Crippen LogP contribution in [0.25, 0.3) is 10.9 Å². The summed E-state index contributed by atoms with van der Waals surface area (Å²) in [6.07, 6.45) is 1.95. The third kappa shape index (κ3) is 9.05. The Bertz CT molecular complexity index is 2150. The number of ether oxygens (including phenoxy) is 3. The van der Waals surface area contributed by atoms with Gasteiger partial charge >= 0.3 is 6.03 Å². The molecule has 0 radical (unpaired) electrons. The van der Waals surface area contributed by atoms with Crippen molar-refractivity contribution < 1.29 is 23.9 Å². The highest BCUT2D eigenvalue weighted by molar-refractivity contribution is 6.76. The fourth-order valence-corrected chi connectivity index (χ4v) is 8.72. The zero-order chi connectivity index (χ0) is 39.6. The highest BCUT2D eigenvalue weighted by Crippen LogP contribution is 2.41. The minimum absolute atomic E-state index is 0.0259. The smallest absolute Gasteiger partial charge is 0.321 e. The Balaban J connectivity index is 1.29. The van der Waals surface area contributed by atoms with E-state index < -0.39 is 38.2 Å². The lowest BCUT2D eigenvalue weighted by molar-refractivity contribution is -0.385. The molecule has 4 aromatic carbocycles. The Morgan fingerprint density at radius 2 is 1.36 bits per heavy atom. The highest BCUT2D eigenvalue weighted by Gasteiger charge is 2.55. The molecule has 3 heterocycles. The number of nitro benzene ring substituents is 1. The number of aryl methyl sites for hydroxylation is 1. The highest BCUT2D eigenvalue weighted by atomic mass is 28.3. The first-order valence-electron chi connectivity index (χ1n) is 19.5. The number of carbonyl (C=O) groups is 1. The number of nitro groups is 1. The topological polar surface area (TPSA) is 112 Å². The summed E-state index contributed by atoms with van der Waals surface area (Å²) < 4.78 is 21.6. The predicted octanol–water partition coefficient (Wildman–Crippen LogP) is 8.75. The molecule has 12 heteroatoms. The molecule has 56 heavy (non-hydrogen) atoms. The molecule has 1 aromatic heterocycles. The van der Waals surface area contributed by atoms with Gasteiger partial charge in [-0.1, -0.05) is 98.5 Å². The lowest BCUT2D eigenvalue weighted by atomic mass is 9.91. The average Bonchev–Trinajstić information content (AvgIpc) is 3.70. The van der Waals surface area contributed by atoms with E-state index in [1.54, 1.807) is 19.1 Å². The number of rotatable bonds is 14. The number of nitrogens with zero attached hydrogens (tertiary/aromatic N) is 5. The van der Waals surface area contributed by atoms with Crippen LogP contribution in [0.1, 0.15) is 41.7 Å². The summed E-state index contributed by atoms with van der Waals surface area (Å²) in [5.74, 6) is -0.912. The molecule has 2 aliphatic heterocycles. The summed E-state index contributed by atoms with van der Waals surface area (Å²) >= 11 is 0. The molecule has 0 saturated carbocycles. The maximum absolute atomic E-state index is 15.5. The molecule has 2 aliphatic rings. The molecule has 2 amide bonds. The van der Waals surface area contributed by atoms with Gasteiger partial charge in [0, 0.05) is 44.8 Å². The second-order valence-electron chi connectivity index (χ2n) is 16.9. The van der Waals surface area contributed by atoms with Gasteiger partial charge in [-0.15, -0.1) is 0 Å². The number of aromatic nitrogens is 2. The Kier molecular flexibility index (Phi) is 11.5. The van der Waals surface area contributed by atoms with Crippen LogP contribution in [-0.2, 0) is 46.9 Å². The predicted molar refractivity (Wildman–Crippen MR) is 220 cm³/mol. The standard InChI is InChI=1S/C44H53N5O6Si/c1-31-17-18-35(26-38(31)49(51)52)29-47-40(25-33-15-11-8-12-16-33)42-41(54-44(2,3)55-42)39(24-32-13-9-7-10-14-32)46(43(47)50)28-34-19-20-37-36(23-34)27-45-48(37)30-53-21-22-56(4,5)6/h7-20,23,26-27,39-42H,21-22,24-25,28-30H2,1-6H3/t39-,40-,41+,42+/m1/s1. The van der Waals surface area contributed by atoms with Crippen LogP contribution >= 0.6 is 0 Å². The molecule has 0 unspecified atom stereocenters. The van der Waals surface area contributed by atoms with Crippen molar-refractivity contribution in [2.45, 2.75) is 109 Å². The lowest BCUT2D eigenvalue weighted by Gasteiger charge is -2.37. The number of carbonyl (C=O) groups excluding carboxylic acids is 1. The van der Waals surface area contributed by atoms with E-state index in [1.165, 1.54) is 0 Å². The first kappa shape index (κ1) is 39.4. The fourth-order valence-electron chi connectivity index (χ4n) is 7.96. The van der Waals surface area contributed by atoms with Crippen molar-refractivity contribution in [3.8, 4) is 0 Å². The maximum atomic E-state index is 15.5. The van der Waals surface area contributed by atoms with Gasteiger partial charge in [0.15, 0.2) is 5.79 Å². The van der Waals surface area contributed by atoms with Crippen molar-refractivity contribution in [2.75, 3.05) is 6.61 Å². The van der Waals surface area contributed by atoms with Crippen molar-refractivity contribution in [3.63, 3.8) is 0 Å². The largest absolute Gasteiger partial charge is 0.360 e. The molecule has 0 aliphatic carbocycles. The Morgan fingerprint density at radius 3 is 1.91 bits per heavy atom. The first-order valence-corrected chi connectivity index (χ1v) is 23.2. The van der Waals surface area contributed by atoms with Crippen LogP contribution in [0.5, 0.6) is 0 Å². The molecule has 0 bridgehead atoms. The SMILES string of the molecule is Cc1ccc(CN2C(=O)N(Cc3ccc4c(cnn4COCC[Si](C)(C)C)c3)[C@H](Cc3ccccc3)[C@@H]3OC(C)(C)O[C@H]3[C@H]2Cc2ccccc2)cc1[N+](=O)[O-]. The van der Waals surface area contributed by atoms with E-state index in [-0.39, 0.29) is 23.2 Å². The van der Waals surface area contributed by atoms with E-state index in [4.69, 9.17) is 14.2 Å². The third-order valence-electron chi connectivity index (χ3n) is 10.9. The van der Waals surface area contributed by atoms with Crippen molar-refractivity contribution in [3.05, 3.63) is 141 Å². The molecule has 7 rings (SSSR count). The van der Waals surface area contributed by atoms with Crippen LogP contribution in [0, 0.1) is 17.0 Å². The number of hydrogen-bond donors (Lipinski definition) is 0. The van der Waals surface area contributed by atoms with Gasteiger partial charge in [0.05, 0.1) is 28.7 Å². The average molecular weight is 776 g/mol. The molecule has 4 atom stereocenters. The molecule has 2 saturated heterocycles. The number of urea groups is 1. The Labute approximate surface area is 330 Å². The molecule has 11 nitrogen and oxygen atoms in total. The van der Waals surface area contributed by atoms with Gasteiger partial charge < -0.3 is 24.0 Å². The zero-order valence-corrected chi connectivity index (χ0v) is 34.3. The van der Waals surface area contributed by atoms with Gasteiger partial charge in [-0.2, -0.15) is 5.10 Å². The van der Waals surface area contributed by atoms with Gasteiger partial charge in [-0.3, -0.25) is 10.1 Å². The van der Waals surface area contributed by atoms with E-state index in [1.807, 2.05) is 77.0 Å². The summed E-state index contributed by atoms with van der Waals surface area (Å²) in [5.41, 5.74) is 5.31. The van der Waals surface area contributed by atoms with E-state index in [9.17, 15) is 10.1 Å². The second kappa shape index (κ2) is 16.3. The van der Waals surface area contributed by atoms with Crippen LogP contribution in [-0.4, -0.2) is 75.3 Å². The zero-order valence-electron chi connectivity index (χ0n) is 33.3. The van der Waals surface area contributed by atoms with Crippen LogP contribution in [0.4, 0.5) is 10.5 Å². The third-order valence-corrected chi connectivity index (χ3v) is 12.6. The minimum atomic E-state index is -1.21. The molecular weight excluding hydrogens is 723 g/mol. The van der Waals surface area contributed by atoms with Gasteiger partial charge in [-0.25, -0.2) is 9.48 Å². The van der Waals surface area contributed by atoms with E-state index in [0.717, 1.165) is 33.6 Å². The summed E-state index contributed by atoms with van der Waals surface area (Å²) in [6, 6.07) is 31.8. The van der Waals surface area contributed by atoms with Gasteiger partial charge in [-0.05, 0) is 74.0 Å². The summed E-state index contributed by atoms with van der Waals surface area (Å²) in [7, 11) is -1.21. The van der Waals surface area contributed by atoms with Gasteiger partial charge in [0.25, 0.3) is 5.69 Å². The normalized spacial score (nSPS) is 21.0. The minimum Gasteiger partial charge on any atom is -0.360 e. The van der Waals surface area contributed by atoms with E-state index >= 15 is 4.79 Å². The Hall–Kier alpha value is -4.88. The molecule has 0 N–H and O–H groups in total. The molecule has 294 valence electrons. The second-order valence-corrected chi connectivity index (χ2v) is 22.5. The van der Waals surface area contributed by atoms with Crippen LogP contribution in [0.2, 0.25) is 25.7 Å². The quantitative estimate of drug-likeness (QED) is 0.0480. The maximum Gasteiger partial charge on any atom is 0.321 e. The van der Waals surface area contributed by atoms with Crippen molar-refractivity contribution in [1.29, 1.82) is 0 Å². The number of fused-ring (bicyclic) bond motifs is 2.